The Morgan fingerprint density at radius 1 is 1.38 bits per heavy atom. The molecule has 13 heavy (non-hydrogen) atoms. The average molecular weight is 178 g/mol. The van der Waals surface area contributed by atoms with E-state index in [-0.39, 0.29) is 5.95 Å². The molecule has 68 valence electrons. The summed E-state index contributed by atoms with van der Waals surface area (Å²) < 4.78 is 0. The van der Waals surface area contributed by atoms with Crippen LogP contribution in [0.5, 0.6) is 0 Å². The fourth-order valence-corrected chi connectivity index (χ4v) is 1.18. The fourth-order valence-electron chi connectivity index (χ4n) is 1.18. The van der Waals surface area contributed by atoms with Crippen LogP contribution < -0.4 is 10.6 Å². The Bertz CT molecular complexity index is 431. The maximum atomic E-state index is 5.52. The van der Waals surface area contributed by atoms with Gasteiger partial charge in [0, 0.05) is 14.1 Å². The lowest BCUT2D eigenvalue weighted by atomic mass is 10.4. The van der Waals surface area contributed by atoms with E-state index in [4.69, 9.17) is 5.73 Å². The molecular weight excluding hydrogens is 168 g/mol. The summed E-state index contributed by atoms with van der Waals surface area (Å²) in [5.74, 6) is 1.02. The highest BCUT2D eigenvalue weighted by Gasteiger charge is 2.08. The second-order valence-corrected chi connectivity index (χ2v) is 2.93. The smallest absolute Gasteiger partial charge is 0.224 e. The molecule has 0 aromatic carbocycles. The minimum absolute atomic E-state index is 0.250. The summed E-state index contributed by atoms with van der Waals surface area (Å²) in [4.78, 5) is 9.98. The number of nitrogens with zero attached hydrogens (tertiary/aromatic N) is 4. The topological polar surface area (TPSA) is 83.7 Å². The molecule has 6 heteroatoms. The van der Waals surface area contributed by atoms with Crippen LogP contribution in [-0.2, 0) is 0 Å². The lowest BCUT2D eigenvalue weighted by Crippen LogP contribution is -2.12. The van der Waals surface area contributed by atoms with Crippen molar-refractivity contribution in [2.45, 2.75) is 0 Å². The minimum Gasteiger partial charge on any atom is -0.368 e. The first-order chi connectivity index (χ1) is 6.18. The summed E-state index contributed by atoms with van der Waals surface area (Å²) in [6.45, 7) is 0. The zero-order valence-corrected chi connectivity index (χ0v) is 7.44. The van der Waals surface area contributed by atoms with Crippen LogP contribution in [0, 0.1) is 0 Å². The van der Waals surface area contributed by atoms with Gasteiger partial charge in [0.05, 0.1) is 11.6 Å². The molecule has 0 radical (unpaired) electrons. The maximum Gasteiger partial charge on any atom is 0.224 e. The second-order valence-electron chi connectivity index (χ2n) is 2.93. The van der Waals surface area contributed by atoms with Gasteiger partial charge in [0.1, 0.15) is 5.82 Å². The normalized spacial score (nSPS) is 10.6. The molecule has 3 N–H and O–H groups in total. The molecule has 0 bridgehead atoms. The van der Waals surface area contributed by atoms with Gasteiger partial charge in [-0.25, -0.2) is 0 Å². The predicted octanol–water partition coefficient (Wildman–Crippen LogP) is 0.00110. The van der Waals surface area contributed by atoms with Crippen molar-refractivity contribution in [1.82, 2.24) is 20.2 Å². The Labute approximate surface area is 74.8 Å². The van der Waals surface area contributed by atoms with Gasteiger partial charge in [0.2, 0.25) is 5.95 Å². The van der Waals surface area contributed by atoms with Gasteiger partial charge in [-0.1, -0.05) is 0 Å². The highest BCUT2D eigenvalue weighted by atomic mass is 15.2. The van der Waals surface area contributed by atoms with Crippen LogP contribution in [0.15, 0.2) is 6.20 Å². The lowest BCUT2D eigenvalue weighted by molar-refractivity contribution is 1.06. The number of nitrogen functional groups attached to an aromatic ring is 1. The quantitative estimate of drug-likeness (QED) is 0.642. The van der Waals surface area contributed by atoms with Crippen molar-refractivity contribution < 1.29 is 0 Å². The molecule has 0 aliphatic rings. The van der Waals surface area contributed by atoms with Crippen LogP contribution in [0.4, 0.5) is 11.8 Å². The molecule has 2 rings (SSSR count). The third-order valence-electron chi connectivity index (χ3n) is 1.73. The summed E-state index contributed by atoms with van der Waals surface area (Å²) in [5, 5.41) is 7.50. The average Bonchev–Trinajstić information content (AvgIpc) is 2.49. The van der Waals surface area contributed by atoms with Gasteiger partial charge in [0.15, 0.2) is 5.65 Å². The van der Waals surface area contributed by atoms with Crippen LogP contribution in [0.25, 0.3) is 11.0 Å². The number of hydrogen-bond acceptors (Lipinski definition) is 5. The molecule has 0 aliphatic heterocycles. The Morgan fingerprint density at radius 3 is 2.85 bits per heavy atom. The molecule has 0 amide bonds. The van der Waals surface area contributed by atoms with Crippen molar-refractivity contribution in [3.05, 3.63) is 6.20 Å². The molecule has 2 aromatic heterocycles. The molecule has 0 spiro atoms. The van der Waals surface area contributed by atoms with E-state index in [2.05, 4.69) is 20.2 Å². The number of nitrogens with two attached hydrogens (primary N) is 1. The van der Waals surface area contributed by atoms with E-state index < -0.39 is 0 Å². The lowest BCUT2D eigenvalue weighted by Gasteiger charge is -2.11. The number of fused-ring (bicyclic) bond motifs is 1. The van der Waals surface area contributed by atoms with Gasteiger partial charge in [-0.05, 0) is 0 Å². The van der Waals surface area contributed by atoms with E-state index in [0.29, 0.717) is 5.65 Å². The van der Waals surface area contributed by atoms with Gasteiger partial charge < -0.3 is 10.6 Å². The first-order valence-corrected chi connectivity index (χ1v) is 3.82. The number of nitrogens with one attached hydrogen (secondary N) is 1. The summed E-state index contributed by atoms with van der Waals surface area (Å²) in [5.41, 5.74) is 6.19. The zero-order chi connectivity index (χ0) is 9.42. The predicted molar refractivity (Wildman–Crippen MR) is 50.4 cm³/mol. The zero-order valence-electron chi connectivity index (χ0n) is 7.44. The Hall–Kier alpha value is -1.85. The standard InChI is InChI=1S/C7H10N6/c1-13(2)6-4-3-9-12-5(4)10-7(8)11-6/h3H,1-2H3,(H3,8,9,10,11,12). The Balaban J connectivity index is 2.77. The van der Waals surface area contributed by atoms with Crippen LogP contribution in [0.2, 0.25) is 0 Å². The van der Waals surface area contributed by atoms with E-state index in [1.54, 1.807) is 6.20 Å². The minimum atomic E-state index is 0.250. The van der Waals surface area contributed by atoms with Gasteiger partial charge in [-0.3, -0.25) is 5.10 Å². The van der Waals surface area contributed by atoms with Gasteiger partial charge >= 0.3 is 0 Å². The third-order valence-corrected chi connectivity index (χ3v) is 1.73. The molecule has 0 atom stereocenters. The van der Waals surface area contributed by atoms with Crippen LogP contribution in [0.1, 0.15) is 0 Å². The van der Waals surface area contributed by atoms with E-state index in [1.165, 1.54) is 0 Å². The number of rotatable bonds is 1. The van der Waals surface area contributed by atoms with Crippen molar-refractivity contribution >= 4 is 22.8 Å². The summed E-state index contributed by atoms with van der Waals surface area (Å²) >= 11 is 0. The van der Waals surface area contributed by atoms with Crippen LogP contribution in [0.3, 0.4) is 0 Å². The van der Waals surface area contributed by atoms with Gasteiger partial charge in [-0.15, -0.1) is 0 Å². The number of H-pyrrole nitrogens is 1. The van der Waals surface area contributed by atoms with Crippen molar-refractivity contribution in [2.75, 3.05) is 24.7 Å². The number of hydrogen-bond donors (Lipinski definition) is 2. The van der Waals surface area contributed by atoms with Gasteiger partial charge in [0.25, 0.3) is 0 Å². The van der Waals surface area contributed by atoms with E-state index >= 15 is 0 Å². The number of aromatic nitrogens is 4. The molecule has 2 aromatic rings. The summed E-state index contributed by atoms with van der Waals surface area (Å²) in [6.07, 6.45) is 1.68. The molecule has 0 saturated carbocycles. The van der Waals surface area contributed by atoms with Crippen molar-refractivity contribution in [3.63, 3.8) is 0 Å². The van der Waals surface area contributed by atoms with Crippen molar-refractivity contribution in [3.8, 4) is 0 Å². The fraction of sp³-hybridized carbons (Fsp3) is 0.286. The maximum absolute atomic E-state index is 5.52. The second kappa shape index (κ2) is 2.58. The SMILES string of the molecule is CN(C)c1nc(N)nc2[nH]ncc12. The monoisotopic (exact) mass is 178 g/mol. The van der Waals surface area contributed by atoms with Crippen LogP contribution in [-0.4, -0.2) is 34.3 Å². The Kier molecular flexibility index (Phi) is 1.54. The first kappa shape index (κ1) is 7.78. The highest BCUT2D eigenvalue weighted by molar-refractivity contribution is 5.87. The largest absolute Gasteiger partial charge is 0.368 e. The first-order valence-electron chi connectivity index (χ1n) is 3.82. The Morgan fingerprint density at radius 2 is 2.15 bits per heavy atom. The number of aromatic amines is 1. The molecular formula is C7H10N6. The van der Waals surface area contributed by atoms with E-state index in [9.17, 15) is 0 Å². The van der Waals surface area contributed by atoms with Crippen molar-refractivity contribution in [2.24, 2.45) is 0 Å². The molecule has 2 heterocycles. The highest BCUT2D eigenvalue weighted by Crippen LogP contribution is 2.20. The summed E-state index contributed by atoms with van der Waals surface area (Å²) in [7, 11) is 3.79. The van der Waals surface area contributed by atoms with E-state index in [0.717, 1.165) is 11.2 Å². The molecule has 0 aliphatic carbocycles. The molecule has 0 fully saturated rings. The molecule has 0 saturated heterocycles. The van der Waals surface area contributed by atoms with E-state index in [1.807, 2.05) is 19.0 Å². The summed E-state index contributed by atoms with van der Waals surface area (Å²) in [6, 6.07) is 0. The van der Waals surface area contributed by atoms with Crippen molar-refractivity contribution in [1.29, 1.82) is 0 Å². The third kappa shape index (κ3) is 1.16. The van der Waals surface area contributed by atoms with Gasteiger partial charge in [-0.2, -0.15) is 15.1 Å². The molecule has 6 nitrogen and oxygen atoms in total. The molecule has 0 unspecified atom stereocenters. The number of anilines is 2. The van der Waals surface area contributed by atoms with Crippen LogP contribution >= 0.6 is 0 Å².